The van der Waals surface area contributed by atoms with Gasteiger partial charge in [-0.3, -0.25) is 9.36 Å². The summed E-state index contributed by atoms with van der Waals surface area (Å²) in [5.74, 6) is -0.765. The van der Waals surface area contributed by atoms with Crippen molar-refractivity contribution in [3.05, 3.63) is 101 Å². The Morgan fingerprint density at radius 2 is 1.71 bits per heavy atom. The lowest BCUT2D eigenvalue weighted by molar-refractivity contribution is 0.104. The van der Waals surface area contributed by atoms with Crippen molar-refractivity contribution in [2.24, 2.45) is 0 Å². The molecular formula is C30H28FN7O4. The molecule has 12 heteroatoms. The minimum atomic E-state index is -1.02. The SMILES string of the molecule is CCOC(=O)Oc1cn(-c2ccc(Cn3ccnn3)cc2)c2nc(N3CCN(c4ccccc4)CC3)c(F)cc2c1=O. The number of hydrogen-bond donors (Lipinski definition) is 0. The number of pyridine rings is 2. The molecule has 1 aliphatic heterocycles. The number of nitrogens with zero attached hydrogens (tertiary/aromatic N) is 7. The number of ether oxygens (including phenoxy) is 2. The molecule has 0 radical (unpaired) electrons. The smallest absolute Gasteiger partial charge is 0.434 e. The molecule has 0 atom stereocenters. The van der Waals surface area contributed by atoms with Gasteiger partial charge in [0.05, 0.1) is 30.9 Å². The number of benzene rings is 2. The van der Waals surface area contributed by atoms with Gasteiger partial charge in [0.2, 0.25) is 5.43 Å². The quantitative estimate of drug-likeness (QED) is 0.269. The van der Waals surface area contributed by atoms with E-state index in [4.69, 9.17) is 9.47 Å². The molecule has 0 spiro atoms. The Balaban J connectivity index is 1.38. The number of aromatic nitrogens is 5. The molecule has 4 heterocycles. The summed E-state index contributed by atoms with van der Waals surface area (Å²) in [4.78, 5) is 34.2. The van der Waals surface area contributed by atoms with Crippen LogP contribution in [0.3, 0.4) is 0 Å². The van der Waals surface area contributed by atoms with E-state index in [1.54, 1.807) is 28.6 Å². The van der Waals surface area contributed by atoms with Crippen LogP contribution in [-0.2, 0) is 11.3 Å². The highest BCUT2D eigenvalue weighted by atomic mass is 19.1. The molecule has 0 unspecified atom stereocenters. The lowest BCUT2D eigenvalue weighted by Gasteiger charge is -2.36. The van der Waals surface area contributed by atoms with Crippen LogP contribution in [0.1, 0.15) is 12.5 Å². The lowest BCUT2D eigenvalue weighted by Crippen LogP contribution is -2.47. The molecule has 0 saturated carbocycles. The topological polar surface area (TPSA) is 108 Å². The average Bonchev–Trinajstić information content (AvgIpc) is 3.53. The Hall–Kier alpha value is -5.26. The van der Waals surface area contributed by atoms with Crippen molar-refractivity contribution >= 4 is 28.7 Å². The van der Waals surface area contributed by atoms with Gasteiger partial charge in [-0.2, -0.15) is 0 Å². The Labute approximate surface area is 240 Å². The molecule has 0 amide bonds. The number of hydrogen-bond acceptors (Lipinski definition) is 9. The van der Waals surface area contributed by atoms with Crippen LogP contribution in [0.4, 0.5) is 20.7 Å². The zero-order valence-electron chi connectivity index (χ0n) is 22.9. The van der Waals surface area contributed by atoms with Gasteiger partial charge in [-0.05, 0) is 42.8 Å². The number of fused-ring (bicyclic) bond motifs is 1. The van der Waals surface area contributed by atoms with Crippen LogP contribution >= 0.6 is 0 Å². The summed E-state index contributed by atoms with van der Waals surface area (Å²) in [5.41, 5.74) is 2.29. The van der Waals surface area contributed by atoms with Crippen LogP contribution in [0, 0.1) is 5.82 Å². The zero-order valence-corrected chi connectivity index (χ0v) is 22.9. The van der Waals surface area contributed by atoms with Crippen molar-refractivity contribution in [3.8, 4) is 11.4 Å². The predicted octanol–water partition coefficient (Wildman–Crippen LogP) is 4.03. The van der Waals surface area contributed by atoms with Crippen molar-refractivity contribution in [2.75, 3.05) is 42.6 Å². The van der Waals surface area contributed by atoms with E-state index in [0.29, 0.717) is 38.4 Å². The summed E-state index contributed by atoms with van der Waals surface area (Å²) < 4.78 is 29.0. The van der Waals surface area contributed by atoms with Crippen molar-refractivity contribution in [3.63, 3.8) is 0 Å². The Morgan fingerprint density at radius 1 is 0.976 bits per heavy atom. The molecule has 6 rings (SSSR count). The first-order valence-electron chi connectivity index (χ1n) is 13.6. The van der Waals surface area contributed by atoms with Crippen molar-refractivity contribution in [1.29, 1.82) is 0 Å². The molecule has 1 fully saturated rings. The number of carbonyl (C=O) groups is 1. The van der Waals surface area contributed by atoms with E-state index in [1.165, 1.54) is 6.20 Å². The second kappa shape index (κ2) is 11.7. The van der Waals surface area contributed by atoms with E-state index < -0.39 is 17.4 Å². The van der Waals surface area contributed by atoms with Crippen LogP contribution < -0.4 is 20.0 Å². The van der Waals surface area contributed by atoms with Gasteiger partial charge in [0.15, 0.2) is 23.0 Å². The number of piperazine rings is 1. The molecule has 214 valence electrons. The van der Waals surface area contributed by atoms with E-state index in [9.17, 15) is 9.59 Å². The molecule has 0 bridgehead atoms. The summed E-state index contributed by atoms with van der Waals surface area (Å²) in [7, 11) is 0. The molecule has 2 aromatic carbocycles. The number of carbonyl (C=O) groups excluding carboxylic acids is 1. The van der Waals surface area contributed by atoms with Gasteiger partial charge in [0.1, 0.15) is 0 Å². The molecule has 3 aromatic heterocycles. The minimum Gasteiger partial charge on any atom is -0.434 e. The first-order valence-corrected chi connectivity index (χ1v) is 13.6. The maximum absolute atomic E-state index is 15.6. The summed E-state index contributed by atoms with van der Waals surface area (Å²) in [6.07, 6.45) is 3.73. The van der Waals surface area contributed by atoms with Crippen LogP contribution in [-0.4, -0.2) is 63.5 Å². The molecule has 0 aliphatic carbocycles. The zero-order chi connectivity index (χ0) is 29.1. The van der Waals surface area contributed by atoms with Gasteiger partial charge in [-0.15, -0.1) is 5.10 Å². The van der Waals surface area contributed by atoms with Crippen LogP contribution in [0.25, 0.3) is 16.7 Å². The third-order valence-electron chi connectivity index (χ3n) is 7.07. The van der Waals surface area contributed by atoms with Crippen LogP contribution in [0.2, 0.25) is 0 Å². The summed E-state index contributed by atoms with van der Waals surface area (Å²) >= 11 is 0. The minimum absolute atomic E-state index is 0.0207. The molecule has 11 nitrogen and oxygen atoms in total. The standard InChI is InChI=1S/C30H28FN7O4/c1-2-41-30(40)42-26-20-38(23-10-8-21(9-11-23)19-37-13-12-32-34-37)28-24(27(26)39)18-25(31)29(33-28)36-16-14-35(15-17-36)22-6-4-3-5-7-22/h3-13,18,20H,2,14-17,19H2,1H3. The van der Waals surface area contributed by atoms with Crippen LogP contribution in [0.15, 0.2) is 84.0 Å². The maximum Gasteiger partial charge on any atom is 0.514 e. The molecule has 0 N–H and O–H groups in total. The van der Waals surface area contributed by atoms with Crippen LogP contribution in [0.5, 0.6) is 5.75 Å². The van der Waals surface area contributed by atoms with Crippen molar-refractivity contribution < 1.29 is 18.7 Å². The summed E-state index contributed by atoms with van der Waals surface area (Å²) in [5, 5.41) is 7.80. The van der Waals surface area contributed by atoms with Gasteiger partial charge >= 0.3 is 6.16 Å². The van der Waals surface area contributed by atoms with E-state index in [1.807, 2.05) is 47.4 Å². The van der Waals surface area contributed by atoms with Crippen molar-refractivity contribution in [2.45, 2.75) is 13.5 Å². The normalized spacial score (nSPS) is 13.4. The second-order valence-electron chi connectivity index (χ2n) is 9.72. The fourth-order valence-corrected chi connectivity index (χ4v) is 5.00. The first-order chi connectivity index (χ1) is 20.5. The average molecular weight is 570 g/mol. The Kier molecular flexibility index (Phi) is 7.50. The monoisotopic (exact) mass is 569 g/mol. The number of para-hydroxylation sites is 1. The number of rotatable bonds is 7. The van der Waals surface area contributed by atoms with E-state index in [0.717, 1.165) is 17.3 Å². The van der Waals surface area contributed by atoms with Gasteiger partial charge in [-0.25, -0.2) is 18.9 Å². The second-order valence-corrected chi connectivity index (χ2v) is 9.72. The van der Waals surface area contributed by atoms with Gasteiger partial charge in [0.25, 0.3) is 0 Å². The van der Waals surface area contributed by atoms with Gasteiger partial charge in [-0.1, -0.05) is 35.5 Å². The number of anilines is 2. The third-order valence-corrected chi connectivity index (χ3v) is 7.07. The first kappa shape index (κ1) is 26.9. The van der Waals surface area contributed by atoms with Crippen molar-refractivity contribution in [1.82, 2.24) is 24.5 Å². The maximum atomic E-state index is 15.6. The molecule has 5 aromatic rings. The van der Waals surface area contributed by atoms with Gasteiger partial charge in [0, 0.05) is 43.8 Å². The summed E-state index contributed by atoms with van der Waals surface area (Å²) in [6.45, 7) is 4.70. The molecule has 42 heavy (non-hydrogen) atoms. The molecule has 1 aliphatic rings. The summed E-state index contributed by atoms with van der Waals surface area (Å²) in [6, 6.07) is 18.7. The fraction of sp³-hybridized carbons (Fsp3) is 0.233. The Morgan fingerprint density at radius 3 is 2.40 bits per heavy atom. The fourth-order valence-electron chi connectivity index (χ4n) is 5.00. The highest BCUT2D eigenvalue weighted by Crippen LogP contribution is 2.27. The van der Waals surface area contributed by atoms with Gasteiger partial charge < -0.3 is 19.3 Å². The van der Waals surface area contributed by atoms with E-state index >= 15 is 4.39 Å². The lowest BCUT2D eigenvalue weighted by atomic mass is 10.2. The Bertz CT molecular complexity index is 1750. The largest absolute Gasteiger partial charge is 0.514 e. The molecule has 1 saturated heterocycles. The third kappa shape index (κ3) is 5.51. The number of halogens is 1. The molecular weight excluding hydrogens is 541 g/mol. The van der Waals surface area contributed by atoms with E-state index in [2.05, 4.69) is 32.3 Å². The highest BCUT2D eigenvalue weighted by molar-refractivity contribution is 5.81. The van der Waals surface area contributed by atoms with E-state index in [-0.39, 0.29) is 29.2 Å². The highest BCUT2D eigenvalue weighted by Gasteiger charge is 2.24. The predicted molar refractivity (Wildman–Crippen MR) is 155 cm³/mol.